The molecule has 2 aromatic carbocycles. The van der Waals surface area contributed by atoms with E-state index >= 15 is 0 Å². The summed E-state index contributed by atoms with van der Waals surface area (Å²) in [6.07, 6.45) is -0.331. The van der Waals surface area contributed by atoms with Crippen molar-refractivity contribution >= 4 is 38.4 Å². The Morgan fingerprint density at radius 3 is 2.43 bits per heavy atom. The Labute approximate surface area is 221 Å². The monoisotopic (exact) mass is 520 g/mol. The average molecular weight is 521 g/mol. The van der Waals surface area contributed by atoms with Gasteiger partial charge in [-0.15, -0.1) is 11.3 Å². The molecule has 0 bridgehead atoms. The topological polar surface area (TPSA) is 82.6 Å². The van der Waals surface area contributed by atoms with Gasteiger partial charge in [-0.05, 0) is 72.9 Å². The lowest BCUT2D eigenvalue weighted by Gasteiger charge is -2.29. The van der Waals surface area contributed by atoms with Crippen LogP contribution in [0.4, 0.5) is 4.79 Å². The lowest BCUT2D eigenvalue weighted by atomic mass is 9.86. The van der Waals surface area contributed by atoms with E-state index in [2.05, 4.69) is 43.1 Å². The fourth-order valence-electron chi connectivity index (χ4n) is 4.93. The maximum absolute atomic E-state index is 12.7. The Balaban J connectivity index is 1.76. The average Bonchev–Trinajstić information content (AvgIpc) is 3.32. The highest BCUT2D eigenvalue weighted by Gasteiger charge is 2.25. The number of pyridine rings is 1. The molecule has 0 aliphatic heterocycles. The molecule has 37 heavy (non-hydrogen) atoms. The van der Waals surface area contributed by atoms with E-state index in [1.807, 2.05) is 45.2 Å². The second-order valence-corrected chi connectivity index (χ2v) is 12.0. The molecular formula is C30H36N2O4S. The summed E-state index contributed by atoms with van der Waals surface area (Å²) in [6.45, 7) is 12.3. The lowest BCUT2D eigenvalue weighted by Crippen LogP contribution is -2.37. The number of H-pyrrole nitrogens is 1. The van der Waals surface area contributed by atoms with Gasteiger partial charge < -0.3 is 19.7 Å². The zero-order valence-corrected chi connectivity index (χ0v) is 23.5. The van der Waals surface area contributed by atoms with Gasteiger partial charge in [-0.2, -0.15) is 0 Å². The highest BCUT2D eigenvalue weighted by molar-refractivity contribution is 7.17. The largest absolute Gasteiger partial charge is 0.444 e. The molecule has 0 saturated heterocycles. The van der Waals surface area contributed by atoms with Gasteiger partial charge in [0.05, 0.1) is 12.1 Å². The van der Waals surface area contributed by atoms with Crippen LogP contribution in [-0.2, 0) is 11.3 Å². The van der Waals surface area contributed by atoms with Crippen LogP contribution >= 0.6 is 11.3 Å². The smallest absolute Gasteiger partial charge is 0.410 e. The van der Waals surface area contributed by atoms with Crippen molar-refractivity contribution in [3.05, 3.63) is 68.8 Å². The molecule has 1 atom stereocenters. The van der Waals surface area contributed by atoms with Gasteiger partial charge in [0.1, 0.15) is 10.3 Å². The van der Waals surface area contributed by atoms with E-state index in [0.29, 0.717) is 17.2 Å². The van der Waals surface area contributed by atoms with E-state index < -0.39 is 5.60 Å². The molecule has 0 aliphatic carbocycles. The molecule has 0 saturated carbocycles. The predicted molar refractivity (Wildman–Crippen MR) is 152 cm³/mol. The van der Waals surface area contributed by atoms with Crippen LogP contribution in [0.5, 0.6) is 0 Å². The maximum Gasteiger partial charge on any atom is 0.410 e. The number of nitrogens with one attached hydrogen (secondary N) is 1. The standard InChI is InChI=1S/C30H36N2O4S/c1-17(2)23(15-32(7)29(35)36-30(4,5)6)19-8-10-20(11-9-19)24-21(16-33)14-18(3)26-25(24)22-12-13-37-27(22)28(34)31-26/h8-14,17,23,33H,15-16H2,1-7H3,(H,31,34). The second kappa shape index (κ2) is 10.3. The van der Waals surface area contributed by atoms with Crippen LogP contribution in [0.3, 0.4) is 0 Å². The maximum atomic E-state index is 12.7. The number of hydrogen-bond acceptors (Lipinski definition) is 5. The number of aromatic amines is 1. The van der Waals surface area contributed by atoms with Crippen molar-refractivity contribution in [3.63, 3.8) is 0 Å². The summed E-state index contributed by atoms with van der Waals surface area (Å²) in [6, 6.07) is 12.3. The van der Waals surface area contributed by atoms with E-state index in [0.717, 1.165) is 44.1 Å². The van der Waals surface area contributed by atoms with Crippen molar-refractivity contribution in [1.82, 2.24) is 9.88 Å². The number of ether oxygens (including phenoxy) is 1. The van der Waals surface area contributed by atoms with Gasteiger partial charge >= 0.3 is 6.09 Å². The number of nitrogens with zero attached hydrogens (tertiary/aromatic N) is 1. The summed E-state index contributed by atoms with van der Waals surface area (Å²) in [7, 11) is 1.77. The third-order valence-electron chi connectivity index (χ3n) is 6.76. The molecule has 7 heteroatoms. The molecule has 1 amide bonds. The quantitative estimate of drug-likeness (QED) is 0.292. The summed E-state index contributed by atoms with van der Waals surface area (Å²) >= 11 is 1.42. The first-order valence-corrected chi connectivity index (χ1v) is 13.5. The summed E-state index contributed by atoms with van der Waals surface area (Å²) in [5.41, 5.74) is 4.95. The van der Waals surface area contributed by atoms with E-state index in [1.165, 1.54) is 11.3 Å². The first-order chi connectivity index (χ1) is 17.4. The molecule has 2 heterocycles. The lowest BCUT2D eigenvalue weighted by molar-refractivity contribution is 0.0281. The number of carbonyl (C=O) groups is 1. The van der Waals surface area contributed by atoms with Gasteiger partial charge in [0.25, 0.3) is 5.56 Å². The van der Waals surface area contributed by atoms with Gasteiger partial charge in [-0.3, -0.25) is 4.79 Å². The van der Waals surface area contributed by atoms with Gasteiger partial charge in [0.15, 0.2) is 0 Å². The van der Waals surface area contributed by atoms with E-state index in [1.54, 1.807) is 11.9 Å². The van der Waals surface area contributed by atoms with Crippen LogP contribution in [0.25, 0.3) is 32.1 Å². The summed E-state index contributed by atoms with van der Waals surface area (Å²) in [4.78, 5) is 30.0. The van der Waals surface area contributed by atoms with Crippen molar-refractivity contribution in [1.29, 1.82) is 0 Å². The zero-order chi connectivity index (χ0) is 27.1. The Morgan fingerprint density at radius 1 is 1.16 bits per heavy atom. The number of aryl methyl sites for hydroxylation is 1. The Kier molecular flexibility index (Phi) is 7.49. The highest BCUT2D eigenvalue weighted by atomic mass is 32.1. The summed E-state index contributed by atoms with van der Waals surface area (Å²) in [5, 5.41) is 14.1. The molecule has 2 aromatic heterocycles. The Hall–Kier alpha value is -3.16. The highest BCUT2D eigenvalue weighted by Crippen LogP contribution is 2.39. The first kappa shape index (κ1) is 26.9. The van der Waals surface area contributed by atoms with Crippen LogP contribution < -0.4 is 5.56 Å². The third kappa shape index (κ3) is 5.43. The molecular weight excluding hydrogens is 484 g/mol. The predicted octanol–water partition coefficient (Wildman–Crippen LogP) is 6.82. The Bertz CT molecular complexity index is 1490. The third-order valence-corrected chi connectivity index (χ3v) is 7.68. The van der Waals surface area contributed by atoms with E-state index in [9.17, 15) is 14.7 Å². The van der Waals surface area contributed by atoms with Gasteiger partial charge in [-0.1, -0.05) is 44.2 Å². The van der Waals surface area contributed by atoms with Crippen LogP contribution in [0.15, 0.2) is 46.6 Å². The van der Waals surface area contributed by atoms with Crippen molar-refractivity contribution in [2.45, 2.75) is 59.7 Å². The number of likely N-dealkylation sites (N-methyl/N-ethyl adjacent to an activating group) is 1. The van der Waals surface area contributed by atoms with Crippen molar-refractivity contribution in [2.75, 3.05) is 13.6 Å². The number of rotatable bonds is 6. The SMILES string of the molecule is Cc1cc(CO)c(-c2ccc(C(CN(C)C(=O)OC(C)(C)C)C(C)C)cc2)c2c1[nH]c(=O)c1sccc12. The van der Waals surface area contributed by atoms with Gasteiger partial charge in [0, 0.05) is 30.3 Å². The molecule has 0 spiro atoms. The Morgan fingerprint density at radius 2 is 1.84 bits per heavy atom. The zero-order valence-electron chi connectivity index (χ0n) is 22.6. The molecule has 196 valence electrons. The van der Waals surface area contributed by atoms with Crippen LogP contribution in [0.1, 0.15) is 57.2 Å². The minimum atomic E-state index is -0.542. The molecule has 2 N–H and O–H groups in total. The molecule has 4 rings (SSSR count). The fourth-order valence-corrected chi connectivity index (χ4v) is 5.73. The number of benzene rings is 2. The molecule has 0 radical (unpaired) electrons. The van der Waals surface area contributed by atoms with Crippen molar-refractivity contribution in [3.8, 4) is 11.1 Å². The number of aliphatic hydroxyl groups excluding tert-OH is 1. The van der Waals surface area contributed by atoms with Crippen LogP contribution in [0.2, 0.25) is 0 Å². The molecule has 4 aromatic rings. The van der Waals surface area contributed by atoms with Crippen molar-refractivity contribution in [2.24, 2.45) is 5.92 Å². The number of aromatic nitrogens is 1. The molecule has 0 aliphatic rings. The number of carbonyl (C=O) groups excluding carboxylic acids is 1. The number of hydrogen-bond donors (Lipinski definition) is 2. The van der Waals surface area contributed by atoms with Crippen molar-refractivity contribution < 1.29 is 14.6 Å². The fraction of sp³-hybridized carbons (Fsp3) is 0.400. The summed E-state index contributed by atoms with van der Waals surface area (Å²) < 4.78 is 6.23. The number of aliphatic hydroxyl groups is 1. The normalized spacial score (nSPS) is 12.9. The second-order valence-electron chi connectivity index (χ2n) is 11.1. The molecule has 6 nitrogen and oxygen atoms in total. The van der Waals surface area contributed by atoms with Gasteiger partial charge in [0.2, 0.25) is 0 Å². The summed E-state index contributed by atoms with van der Waals surface area (Å²) in [5.74, 6) is 0.429. The minimum absolute atomic E-state index is 0.0903. The number of fused-ring (bicyclic) bond motifs is 3. The first-order valence-electron chi connectivity index (χ1n) is 12.6. The molecule has 0 fully saturated rings. The number of amides is 1. The van der Waals surface area contributed by atoms with Gasteiger partial charge in [-0.25, -0.2) is 4.79 Å². The minimum Gasteiger partial charge on any atom is -0.444 e. The number of thiophene rings is 1. The van der Waals surface area contributed by atoms with Crippen LogP contribution in [-0.4, -0.2) is 40.3 Å². The van der Waals surface area contributed by atoms with Crippen LogP contribution in [0, 0.1) is 12.8 Å². The van der Waals surface area contributed by atoms with E-state index in [-0.39, 0.29) is 24.2 Å². The molecule has 1 unspecified atom stereocenters. The van der Waals surface area contributed by atoms with E-state index in [4.69, 9.17) is 4.74 Å².